The molecule has 1 heterocycles. The van der Waals surface area contributed by atoms with E-state index in [0.29, 0.717) is 19.7 Å². The zero-order valence-corrected chi connectivity index (χ0v) is 11.9. The van der Waals surface area contributed by atoms with Crippen molar-refractivity contribution >= 4 is 10.2 Å². The molecule has 0 saturated carbocycles. The fourth-order valence-electron chi connectivity index (χ4n) is 2.08. The van der Waals surface area contributed by atoms with Gasteiger partial charge in [0.1, 0.15) is 0 Å². The maximum absolute atomic E-state index is 12.4. The van der Waals surface area contributed by atoms with Crippen LogP contribution in [-0.2, 0) is 14.9 Å². The predicted octanol–water partition coefficient (Wildman–Crippen LogP) is 0.0479. The Morgan fingerprint density at radius 1 is 1.17 bits per heavy atom. The normalized spacial score (nSPS) is 19.1. The van der Waals surface area contributed by atoms with Gasteiger partial charge in [-0.3, -0.25) is 0 Å². The molecule has 0 spiro atoms. The summed E-state index contributed by atoms with van der Waals surface area (Å²) >= 11 is 0. The quantitative estimate of drug-likeness (QED) is 0.715. The highest BCUT2D eigenvalue weighted by atomic mass is 32.2. The van der Waals surface area contributed by atoms with Gasteiger partial charge >= 0.3 is 0 Å². The summed E-state index contributed by atoms with van der Waals surface area (Å²) in [5, 5.41) is 8.99. The molecule has 1 rings (SSSR count). The molecule has 1 saturated heterocycles. The number of hydrogen-bond acceptors (Lipinski definition) is 4. The molecule has 0 aliphatic carbocycles. The van der Waals surface area contributed by atoms with Gasteiger partial charge in [0.05, 0.1) is 13.2 Å². The van der Waals surface area contributed by atoms with Crippen molar-refractivity contribution < 1.29 is 18.3 Å². The number of rotatable bonds is 7. The van der Waals surface area contributed by atoms with E-state index in [-0.39, 0.29) is 19.7 Å². The van der Waals surface area contributed by atoms with Crippen LogP contribution in [0, 0.1) is 0 Å². The van der Waals surface area contributed by atoms with Gasteiger partial charge in [-0.2, -0.15) is 17.0 Å². The first-order valence-corrected chi connectivity index (χ1v) is 7.87. The molecule has 108 valence electrons. The molecule has 18 heavy (non-hydrogen) atoms. The van der Waals surface area contributed by atoms with E-state index in [4.69, 9.17) is 9.84 Å². The van der Waals surface area contributed by atoms with E-state index in [0.717, 1.165) is 25.7 Å². The third-order valence-corrected chi connectivity index (χ3v) is 5.15. The van der Waals surface area contributed by atoms with Crippen molar-refractivity contribution in [3.05, 3.63) is 0 Å². The van der Waals surface area contributed by atoms with Gasteiger partial charge < -0.3 is 9.84 Å². The molecular formula is C11H24N2O4S. The Hall–Kier alpha value is -0.210. The second-order valence-corrected chi connectivity index (χ2v) is 6.36. The second-order valence-electron chi connectivity index (χ2n) is 4.44. The van der Waals surface area contributed by atoms with Gasteiger partial charge in [0, 0.05) is 33.3 Å². The maximum atomic E-state index is 12.4. The average Bonchev–Trinajstić information content (AvgIpc) is 2.63. The highest BCUT2D eigenvalue weighted by Crippen LogP contribution is 2.16. The third kappa shape index (κ3) is 4.47. The Labute approximate surface area is 110 Å². The maximum Gasteiger partial charge on any atom is 0.282 e. The molecule has 0 aromatic heterocycles. The van der Waals surface area contributed by atoms with E-state index in [9.17, 15) is 8.42 Å². The number of nitrogens with zero attached hydrogens (tertiary/aromatic N) is 2. The van der Waals surface area contributed by atoms with E-state index in [1.54, 1.807) is 0 Å². The molecule has 0 bridgehead atoms. The standard InChI is InChI=1S/C11H24N2O4S/c1-17-11-9-13(8-10-14)18(15,16)12-6-4-2-3-5-7-12/h14H,2-11H2,1H3. The van der Waals surface area contributed by atoms with Gasteiger partial charge in [-0.1, -0.05) is 12.8 Å². The summed E-state index contributed by atoms with van der Waals surface area (Å²) in [4.78, 5) is 0. The van der Waals surface area contributed by atoms with Crippen molar-refractivity contribution in [2.75, 3.05) is 46.5 Å². The van der Waals surface area contributed by atoms with Crippen molar-refractivity contribution in [3.63, 3.8) is 0 Å². The zero-order chi connectivity index (χ0) is 13.4. The van der Waals surface area contributed by atoms with E-state index in [1.165, 1.54) is 15.7 Å². The van der Waals surface area contributed by atoms with Crippen molar-refractivity contribution in [1.82, 2.24) is 8.61 Å². The molecule has 1 aliphatic rings. The lowest BCUT2D eigenvalue weighted by Gasteiger charge is -2.28. The van der Waals surface area contributed by atoms with Crippen molar-refractivity contribution in [2.24, 2.45) is 0 Å². The minimum Gasteiger partial charge on any atom is -0.395 e. The Morgan fingerprint density at radius 2 is 1.78 bits per heavy atom. The first-order valence-electron chi connectivity index (χ1n) is 6.48. The number of hydrogen-bond donors (Lipinski definition) is 1. The third-order valence-electron chi connectivity index (χ3n) is 3.11. The minimum atomic E-state index is -3.46. The summed E-state index contributed by atoms with van der Waals surface area (Å²) in [6.07, 6.45) is 4.00. The van der Waals surface area contributed by atoms with Gasteiger partial charge in [0.25, 0.3) is 10.2 Å². The number of aliphatic hydroxyl groups is 1. The summed E-state index contributed by atoms with van der Waals surface area (Å²) in [7, 11) is -1.92. The highest BCUT2D eigenvalue weighted by Gasteiger charge is 2.29. The molecule has 1 aliphatic heterocycles. The molecule has 0 amide bonds. The van der Waals surface area contributed by atoms with Crippen LogP contribution in [-0.4, -0.2) is 68.6 Å². The van der Waals surface area contributed by atoms with Crippen LogP contribution in [0.4, 0.5) is 0 Å². The van der Waals surface area contributed by atoms with Crippen molar-refractivity contribution in [2.45, 2.75) is 25.7 Å². The Balaban J connectivity index is 2.71. The Morgan fingerprint density at radius 3 is 2.28 bits per heavy atom. The van der Waals surface area contributed by atoms with E-state index in [2.05, 4.69) is 0 Å². The van der Waals surface area contributed by atoms with E-state index in [1.807, 2.05) is 0 Å². The molecule has 0 atom stereocenters. The van der Waals surface area contributed by atoms with Gasteiger partial charge in [0.2, 0.25) is 0 Å². The molecule has 1 fully saturated rings. The SMILES string of the molecule is COCCN(CCO)S(=O)(=O)N1CCCCCC1. The van der Waals surface area contributed by atoms with E-state index >= 15 is 0 Å². The van der Waals surface area contributed by atoms with Gasteiger partial charge in [-0.15, -0.1) is 0 Å². The molecule has 1 N–H and O–H groups in total. The number of aliphatic hydroxyl groups excluding tert-OH is 1. The fourth-order valence-corrected chi connectivity index (χ4v) is 3.75. The molecule has 0 aromatic rings. The van der Waals surface area contributed by atoms with Crippen LogP contribution in [0.25, 0.3) is 0 Å². The van der Waals surface area contributed by atoms with Crippen LogP contribution < -0.4 is 0 Å². The lowest BCUT2D eigenvalue weighted by atomic mass is 10.2. The second kappa shape index (κ2) is 8.06. The summed E-state index contributed by atoms with van der Waals surface area (Å²) in [6, 6.07) is 0. The smallest absolute Gasteiger partial charge is 0.282 e. The monoisotopic (exact) mass is 280 g/mol. The molecule has 0 radical (unpaired) electrons. The van der Waals surface area contributed by atoms with Crippen LogP contribution >= 0.6 is 0 Å². The van der Waals surface area contributed by atoms with Crippen molar-refractivity contribution in [1.29, 1.82) is 0 Å². The van der Waals surface area contributed by atoms with Crippen LogP contribution in [0.1, 0.15) is 25.7 Å². The first kappa shape index (κ1) is 15.8. The zero-order valence-electron chi connectivity index (χ0n) is 11.0. The molecule has 7 heteroatoms. The largest absolute Gasteiger partial charge is 0.395 e. The van der Waals surface area contributed by atoms with Crippen LogP contribution in [0.5, 0.6) is 0 Å². The molecule has 0 aromatic carbocycles. The molecular weight excluding hydrogens is 256 g/mol. The highest BCUT2D eigenvalue weighted by molar-refractivity contribution is 7.86. The minimum absolute atomic E-state index is 0.127. The van der Waals surface area contributed by atoms with Crippen molar-refractivity contribution in [3.8, 4) is 0 Å². The topological polar surface area (TPSA) is 70.1 Å². The fraction of sp³-hybridized carbons (Fsp3) is 1.00. The number of methoxy groups -OCH3 is 1. The Kier molecular flexibility index (Phi) is 7.10. The van der Waals surface area contributed by atoms with E-state index < -0.39 is 10.2 Å². The summed E-state index contributed by atoms with van der Waals surface area (Å²) in [6.45, 7) is 1.75. The van der Waals surface area contributed by atoms with Gasteiger partial charge in [-0.05, 0) is 12.8 Å². The lowest BCUT2D eigenvalue weighted by Crippen LogP contribution is -2.46. The summed E-state index contributed by atoms with van der Waals surface area (Å²) in [5.41, 5.74) is 0. The summed E-state index contributed by atoms with van der Waals surface area (Å²) < 4.78 is 32.6. The van der Waals surface area contributed by atoms with Crippen LogP contribution in [0.15, 0.2) is 0 Å². The van der Waals surface area contributed by atoms with Gasteiger partial charge in [0.15, 0.2) is 0 Å². The predicted molar refractivity (Wildman–Crippen MR) is 69.5 cm³/mol. The van der Waals surface area contributed by atoms with Crippen LogP contribution in [0.2, 0.25) is 0 Å². The average molecular weight is 280 g/mol. The lowest BCUT2D eigenvalue weighted by molar-refractivity contribution is 0.164. The summed E-state index contributed by atoms with van der Waals surface area (Å²) in [5.74, 6) is 0. The van der Waals surface area contributed by atoms with Crippen LogP contribution in [0.3, 0.4) is 0 Å². The Bertz CT molecular complexity index is 313. The molecule has 6 nitrogen and oxygen atoms in total. The molecule has 0 unspecified atom stereocenters. The van der Waals surface area contributed by atoms with Gasteiger partial charge in [-0.25, -0.2) is 0 Å². The number of ether oxygens (including phenoxy) is 1. The first-order chi connectivity index (χ1) is 8.62.